The fraction of sp³-hybridized carbons (Fsp3) is 0.588. The molecule has 1 saturated carbocycles. The van der Waals surface area contributed by atoms with Crippen LogP contribution in [0, 0.1) is 0 Å². The Morgan fingerprint density at radius 3 is 3.05 bits per heavy atom. The number of carbonyl (C=O) groups excluding carboxylic acids is 1. The molecule has 1 heterocycles. The number of thioether (sulfide) groups is 1. The van der Waals surface area contributed by atoms with Crippen LogP contribution in [0.25, 0.3) is 0 Å². The highest BCUT2D eigenvalue weighted by Gasteiger charge is 2.33. The highest BCUT2D eigenvalue weighted by atomic mass is 32.2. The minimum absolute atomic E-state index is 0.0529. The van der Waals surface area contributed by atoms with E-state index in [1.807, 2.05) is 36.0 Å². The third-order valence-electron chi connectivity index (χ3n) is 4.44. The van der Waals surface area contributed by atoms with Gasteiger partial charge in [-0.25, -0.2) is 0 Å². The first kappa shape index (κ1) is 14.8. The number of nitrogens with one attached hydrogen (secondary N) is 1. The van der Waals surface area contributed by atoms with Gasteiger partial charge in [-0.15, -0.1) is 0 Å². The van der Waals surface area contributed by atoms with Crippen LogP contribution in [-0.4, -0.2) is 29.6 Å². The lowest BCUT2D eigenvalue weighted by Gasteiger charge is -2.28. The number of ether oxygens (including phenoxy) is 1. The fourth-order valence-corrected chi connectivity index (χ4v) is 4.60. The van der Waals surface area contributed by atoms with Crippen LogP contribution >= 0.6 is 11.8 Å². The first-order chi connectivity index (χ1) is 10.3. The minimum atomic E-state index is -0.0529. The Bertz CT molecular complexity index is 505. The van der Waals surface area contributed by atoms with Crippen molar-refractivity contribution in [3.8, 4) is 5.75 Å². The van der Waals surface area contributed by atoms with Crippen molar-refractivity contribution in [1.29, 1.82) is 0 Å². The molecule has 0 aromatic heterocycles. The minimum Gasteiger partial charge on any atom is -0.493 e. The Morgan fingerprint density at radius 1 is 1.33 bits per heavy atom. The first-order valence-electron chi connectivity index (χ1n) is 7.93. The maximum atomic E-state index is 12.7. The summed E-state index contributed by atoms with van der Waals surface area (Å²) in [5, 5.41) is 3.90. The molecule has 1 fully saturated rings. The van der Waals surface area contributed by atoms with E-state index >= 15 is 0 Å². The lowest BCUT2D eigenvalue weighted by atomic mass is 9.92. The van der Waals surface area contributed by atoms with Crippen molar-refractivity contribution in [1.82, 2.24) is 5.32 Å². The summed E-state index contributed by atoms with van der Waals surface area (Å²) in [7, 11) is 0. The number of hydrogen-bond acceptors (Lipinski definition) is 3. The van der Waals surface area contributed by atoms with Gasteiger partial charge < -0.3 is 10.1 Å². The van der Waals surface area contributed by atoms with Crippen LogP contribution in [0.3, 0.4) is 0 Å². The van der Waals surface area contributed by atoms with Crippen LogP contribution in [0.1, 0.15) is 44.1 Å². The molecule has 0 bridgehead atoms. The third kappa shape index (κ3) is 3.20. The summed E-state index contributed by atoms with van der Waals surface area (Å²) in [6.45, 7) is 2.82. The highest BCUT2D eigenvalue weighted by molar-refractivity contribution is 7.99. The van der Waals surface area contributed by atoms with E-state index in [0.717, 1.165) is 29.9 Å². The van der Waals surface area contributed by atoms with Gasteiger partial charge in [-0.3, -0.25) is 4.79 Å². The molecule has 1 aromatic rings. The second-order valence-corrected chi connectivity index (χ2v) is 7.28. The molecule has 0 radical (unpaired) electrons. The van der Waals surface area contributed by atoms with E-state index in [4.69, 9.17) is 4.74 Å². The van der Waals surface area contributed by atoms with Gasteiger partial charge in [-0.2, -0.15) is 11.8 Å². The Morgan fingerprint density at radius 2 is 2.19 bits per heavy atom. The summed E-state index contributed by atoms with van der Waals surface area (Å²) in [6, 6.07) is 8.27. The molecular weight excluding hydrogens is 282 g/mol. The Kier molecular flexibility index (Phi) is 4.73. The zero-order chi connectivity index (χ0) is 14.7. The van der Waals surface area contributed by atoms with Crippen LogP contribution in [-0.2, 0) is 4.79 Å². The predicted molar refractivity (Wildman–Crippen MR) is 87.0 cm³/mol. The molecule has 3 rings (SSSR count). The average molecular weight is 305 g/mol. The van der Waals surface area contributed by atoms with Gasteiger partial charge in [0.05, 0.1) is 12.5 Å². The van der Waals surface area contributed by atoms with Gasteiger partial charge >= 0.3 is 0 Å². The van der Waals surface area contributed by atoms with Crippen molar-refractivity contribution in [2.75, 3.05) is 12.4 Å². The number of fused-ring (bicyclic) bond motifs is 1. The lowest BCUT2D eigenvalue weighted by molar-refractivity contribution is -0.123. The predicted octanol–water partition coefficient (Wildman–Crippen LogP) is 3.34. The van der Waals surface area contributed by atoms with E-state index < -0.39 is 0 Å². The normalized spacial score (nSPS) is 27.8. The van der Waals surface area contributed by atoms with Crippen LogP contribution < -0.4 is 10.1 Å². The SMILES string of the molecule is CCS[C@@H]1CCC[C@H]1NC(=O)[C@@H]1CCOc2ccccc21. The molecule has 114 valence electrons. The summed E-state index contributed by atoms with van der Waals surface area (Å²) in [6.07, 6.45) is 4.36. The van der Waals surface area contributed by atoms with Gasteiger partial charge in [0.15, 0.2) is 0 Å². The molecule has 0 spiro atoms. The summed E-state index contributed by atoms with van der Waals surface area (Å²) < 4.78 is 5.65. The molecule has 21 heavy (non-hydrogen) atoms. The van der Waals surface area contributed by atoms with Crippen LogP contribution in [0.2, 0.25) is 0 Å². The monoisotopic (exact) mass is 305 g/mol. The Hall–Kier alpha value is -1.16. The lowest BCUT2D eigenvalue weighted by Crippen LogP contribution is -2.42. The van der Waals surface area contributed by atoms with Crippen molar-refractivity contribution in [3.63, 3.8) is 0 Å². The molecule has 1 aliphatic carbocycles. The summed E-state index contributed by atoms with van der Waals surface area (Å²) in [5.41, 5.74) is 1.04. The highest BCUT2D eigenvalue weighted by Crippen LogP contribution is 2.35. The van der Waals surface area contributed by atoms with Crippen molar-refractivity contribution >= 4 is 17.7 Å². The van der Waals surface area contributed by atoms with E-state index in [2.05, 4.69) is 12.2 Å². The molecule has 2 aliphatic rings. The Labute approximate surface area is 130 Å². The van der Waals surface area contributed by atoms with E-state index in [-0.39, 0.29) is 11.8 Å². The van der Waals surface area contributed by atoms with Crippen LogP contribution in [0.5, 0.6) is 5.75 Å². The number of para-hydroxylation sites is 1. The van der Waals surface area contributed by atoms with Gasteiger partial charge in [0.25, 0.3) is 0 Å². The molecule has 3 atom stereocenters. The van der Waals surface area contributed by atoms with Gasteiger partial charge in [-0.1, -0.05) is 31.5 Å². The summed E-state index contributed by atoms with van der Waals surface area (Å²) >= 11 is 1.98. The molecule has 1 aromatic carbocycles. The van der Waals surface area contributed by atoms with Crippen molar-refractivity contribution < 1.29 is 9.53 Å². The largest absolute Gasteiger partial charge is 0.493 e. The second kappa shape index (κ2) is 6.73. The molecule has 0 unspecified atom stereocenters. The van der Waals surface area contributed by atoms with E-state index in [9.17, 15) is 4.79 Å². The number of hydrogen-bond donors (Lipinski definition) is 1. The molecule has 3 nitrogen and oxygen atoms in total. The van der Waals surface area contributed by atoms with E-state index in [0.29, 0.717) is 17.9 Å². The number of amides is 1. The molecule has 1 N–H and O–H groups in total. The van der Waals surface area contributed by atoms with Gasteiger partial charge in [0.2, 0.25) is 5.91 Å². The van der Waals surface area contributed by atoms with Crippen molar-refractivity contribution in [2.24, 2.45) is 0 Å². The number of carbonyl (C=O) groups is 1. The van der Waals surface area contributed by atoms with E-state index in [1.165, 1.54) is 12.8 Å². The zero-order valence-corrected chi connectivity index (χ0v) is 13.3. The van der Waals surface area contributed by atoms with Gasteiger partial charge in [-0.05, 0) is 31.1 Å². The zero-order valence-electron chi connectivity index (χ0n) is 12.5. The molecule has 1 amide bonds. The average Bonchev–Trinajstić information content (AvgIpc) is 2.94. The van der Waals surface area contributed by atoms with Crippen LogP contribution in [0.15, 0.2) is 24.3 Å². The topological polar surface area (TPSA) is 38.3 Å². The number of rotatable bonds is 4. The molecule has 1 aliphatic heterocycles. The molecular formula is C17H23NO2S. The number of benzene rings is 1. The summed E-state index contributed by atoms with van der Waals surface area (Å²) in [4.78, 5) is 12.7. The standard InChI is InChI=1S/C17H23NO2S/c1-2-21-16-9-5-7-14(16)18-17(19)13-10-11-20-15-8-4-3-6-12(13)15/h3-4,6,8,13-14,16H,2,5,7,9-11H2,1H3,(H,18,19)/t13-,14-,16-/m1/s1. The van der Waals surface area contributed by atoms with Gasteiger partial charge in [0, 0.05) is 16.9 Å². The van der Waals surface area contributed by atoms with Gasteiger partial charge in [0.1, 0.15) is 5.75 Å². The van der Waals surface area contributed by atoms with Crippen LogP contribution in [0.4, 0.5) is 0 Å². The fourth-order valence-electron chi connectivity index (χ4n) is 3.40. The molecule has 0 saturated heterocycles. The molecule has 4 heteroatoms. The van der Waals surface area contributed by atoms with E-state index in [1.54, 1.807) is 0 Å². The van der Waals surface area contributed by atoms with Crippen molar-refractivity contribution in [3.05, 3.63) is 29.8 Å². The van der Waals surface area contributed by atoms with Crippen molar-refractivity contribution in [2.45, 2.75) is 49.8 Å². The maximum absolute atomic E-state index is 12.7. The second-order valence-electron chi connectivity index (χ2n) is 5.77. The maximum Gasteiger partial charge on any atom is 0.228 e. The Balaban J connectivity index is 1.69. The quantitative estimate of drug-likeness (QED) is 0.927. The smallest absolute Gasteiger partial charge is 0.228 e. The third-order valence-corrected chi connectivity index (χ3v) is 5.76. The first-order valence-corrected chi connectivity index (χ1v) is 8.98. The summed E-state index contributed by atoms with van der Waals surface area (Å²) in [5.74, 6) is 2.12.